The molecule has 4 aromatic rings. The first-order valence-electron chi connectivity index (χ1n) is 10.9. The molecule has 34 heavy (non-hydrogen) atoms. The number of hydrogen-bond donors (Lipinski definition) is 3. The number of nitrogens with one attached hydrogen (secondary N) is 3. The van der Waals surface area contributed by atoms with Crippen LogP contribution in [0.4, 0.5) is 10.2 Å². The summed E-state index contributed by atoms with van der Waals surface area (Å²) in [5, 5.41) is 6.51. The van der Waals surface area contributed by atoms with Crippen LogP contribution in [0.1, 0.15) is 5.56 Å². The first kappa shape index (κ1) is 21.8. The van der Waals surface area contributed by atoms with Crippen molar-refractivity contribution in [3.05, 3.63) is 42.0 Å². The number of halogens is 1. The number of aryl methyl sites for hydroxylation is 1. The lowest BCUT2D eigenvalue weighted by molar-refractivity contribution is -0.148. The summed E-state index contributed by atoms with van der Waals surface area (Å²) in [6.07, 6.45) is 1.72. The second-order valence-corrected chi connectivity index (χ2v) is 8.14. The van der Waals surface area contributed by atoms with Crippen molar-refractivity contribution in [1.29, 1.82) is 0 Å². The molecule has 0 saturated carbocycles. The second kappa shape index (κ2) is 8.75. The number of benzene rings is 1. The largest absolute Gasteiger partial charge is 0.378 e. The van der Waals surface area contributed by atoms with E-state index in [9.17, 15) is 14.0 Å². The quantitative estimate of drug-likeness (QED) is 0.396. The van der Waals surface area contributed by atoms with E-state index in [-0.39, 0.29) is 6.54 Å². The van der Waals surface area contributed by atoms with Crippen LogP contribution in [-0.2, 0) is 27.9 Å². The monoisotopic (exact) mass is 465 g/mol. The van der Waals surface area contributed by atoms with E-state index < -0.39 is 17.6 Å². The zero-order chi connectivity index (χ0) is 23.8. The zero-order valence-corrected chi connectivity index (χ0v) is 18.8. The molecule has 0 bridgehead atoms. The van der Waals surface area contributed by atoms with E-state index in [4.69, 9.17) is 4.74 Å². The Hall–Kier alpha value is -3.99. The van der Waals surface area contributed by atoms with E-state index in [1.165, 1.54) is 17.0 Å². The number of rotatable bonds is 4. The normalized spacial score (nSPS) is 14.0. The van der Waals surface area contributed by atoms with Crippen LogP contribution in [0.15, 0.2) is 30.6 Å². The molecule has 0 radical (unpaired) electrons. The van der Waals surface area contributed by atoms with Crippen molar-refractivity contribution in [1.82, 2.24) is 29.7 Å². The van der Waals surface area contributed by atoms with Crippen LogP contribution < -0.4 is 10.6 Å². The van der Waals surface area contributed by atoms with Crippen molar-refractivity contribution in [3.63, 3.8) is 0 Å². The van der Waals surface area contributed by atoms with Gasteiger partial charge in [0.2, 0.25) is 0 Å². The van der Waals surface area contributed by atoms with Gasteiger partial charge in [-0.1, -0.05) is 0 Å². The molecule has 3 N–H and O–H groups in total. The van der Waals surface area contributed by atoms with Gasteiger partial charge in [0.1, 0.15) is 17.0 Å². The minimum Gasteiger partial charge on any atom is -0.378 e. The number of anilines is 1. The summed E-state index contributed by atoms with van der Waals surface area (Å²) < 4.78 is 21.6. The van der Waals surface area contributed by atoms with E-state index in [1.807, 2.05) is 17.7 Å². The van der Waals surface area contributed by atoms with Crippen LogP contribution in [0.2, 0.25) is 0 Å². The molecule has 3 aromatic heterocycles. The van der Waals surface area contributed by atoms with Crippen molar-refractivity contribution in [3.8, 4) is 11.3 Å². The molecule has 0 atom stereocenters. The predicted octanol–water partition coefficient (Wildman–Crippen LogP) is 1.77. The number of aromatic amines is 1. The Morgan fingerprint density at radius 2 is 2.00 bits per heavy atom. The standard InChI is InChI=1S/C23H24FN7O3/c1-25-21-18-19(30(2)12-27-18)16-10-17(28-20(16)29-21)14-7-13(8-15(24)9-14)11-26-22(32)23(33)31-3-5-34-6-4-31/h7-10,12H,3-6,11H2,1-2H3,(H,26,32)(H2,25,28,29). The molecule has 4 heterocycles. The Morgan fingerprint density at radius 1 is 1.21 bits per heavy atom. The summed E-state index contributed by atoms with van der Waals surface area (Å²) >= 11 is 0. The number of carbonyl (C=O) groups is 2. The lowest BCUT2D eigenvalue weighted by Crippen LogP contribution is -2.47. The highest BCUT2D eigenvalue weighted by molar-refractivity contribution is 6.35. The molecule has 10 nitrogen and oxygen atoms in total. The van der Waals surface area contributed by atoms with E-state index in [1.54, 1.807) is 19.4 Å². The van der Waals surface area contributed by atoms with Gasteiger partial charge in [-0.25, -0.2) is 14.4 Å². The summed E-state index contributed by atoms with van der Waals surface area (Å²) in [5.74, 6) is -1.14. The van der Waals surface area contributed by atoms with Gasteiger partial charge in [-0.05, 0) is 29.8 Å². The van der Waals surface area contributed by atoms with Gasteiger partial charge in [0.05, 0.1) is 25.1 Å². The van der Waals surface area contributed by atoms with Gasteiger partial charge in [0.15, 0.2) is 5.82 Å². The molecule has 1 aromatic carbocycles. The maximum Gasteiger partial charge on any atom is 0.312 e. The Morgan fingerprint density at radius 3 is 2.76 bits per heavy atom. The van der Waals surface area contributed by atoms with Crippen LogP contribution in [0.3, 0.4) is 0 Å². The molecule has 1 aliphatic heterocycles. The molecular formula is C23H24FN7O3. The molecule has 0 spiro atoms. The van der Waals surface area contributed by atoms with E-state index in [2.05, 4.69) is 25.6 Å². The molecule has 0 aliphatic carbocycles. The van der Waals surface area contributed by atoms with Crippen LogP contribution in [0.25, 0.3) is 33.3 Å². The third-order valence-electron chi connectivity index (χ3n) is 5.89. The summed E-state index contributed by atoms with van der Waals surface area (Å²) in [6, 6.07) is 6.42. The smallest absolute Gasteiger partial charge is 0.312 e. The molecule has 1 fully saturated rings. The highest BCUT2D eigenvalue weighted by Crippen LogP contribution is 2.32. The minimum atomic E-state index is -0.722. The van der Waals surface area contributed by atoms with Gasteiger partial charge >= 0.3 is 11.8 Å². The topological polar surface area (TPSA) is 117 Å². The summed E-state index contributed by atoms with van der Waals surface area (Å²) in [4.78, 5) is 38.3. The molecule has 1 saturated heterocycles. The molecule has 176 valence electrons. The number of amides is 2. The molecule has 5 rings (SSSR count). The van der Waals surface area contributed by atoms with Crippen LogP contribution in [0.5, 0.6) is 0 Å². The fraction of sp³-hybridized carbons (Fsp3) is 0.304. The summed E-state index contributed by atoms with van der Waals surface area (Å²) in [6.45, 7) is 1.60. The number of fused-ring (bicyclic) bond motifs is 3. The van der Waals surface area contributed by atoms with Crippen molar-refractivity contribution in [2.24, 2.45) is 7.05 Å². The number of H-pyrrole nitrogens is 1. The molecule has 0 unspecified atom stereocenters. The number of morpholine rings is 1. The molecule has 1 aliphatic rings. The van der Waals surface area contributed by atoms with Gasteiger partial charge in [0.25, 0.3) is 0 Å². The van der Waals surface area contributed by atoms with Gasteiger partial charge in [-0.3, -0.25) is 9.59 Å². The number of imidazole rings is 1. The maximum absolute atomic E-state index is 14.5. The number of aromatic nitrogens is 4. The first-order valence-corrected chi connectivity index (χ1v) is 10.9. The number of ether oxygens (including phenoxy) is 1. The van der Waals surface area contributed by atoms with Crippen LogP contribution in [-0.4, -0.2) is 69.6 Å². The molecular weight excluding hydrogens is 441 g/mol. The average molecular weight is 465 g/mol. The molecule has 2 amide bonds. The number of carbonyl (C=O) groups excluding carboxylic acids is 2. The number of nitrogens with zero attached hydrogens (tertiary/aromatic N) is 4. The average Bonchev–Trinajstić information content (AvgIpc) is 3.45. The van der Waals surface area contributed by atoms with E-state index in [0.29, 0.717) is 54.6 Å². The third-order valence-corrected chi connectivity index (χ3v) is 5.89. The van der Waals surface area contributed by atoms with Crippen LogP contribution in [0, 0.1) is 5.82 Å². The molecule has 11 heteroatoms. The van der Waals surface area contributed by atoms with Gasteiger partial charge in [-0.15, -0.1) is 0 Å². The second-order valence-electron chi connectivity index (χ2n) is 8.14. The predicted molar refractivity (Wildman–Crippen MR) is 125 cm³/mol. The van der Waals surface area contributed by atoms with E-state index >= 15 is 0 Å². The van der Waals surface area contributed by atoms with Gasteiger partial charge in [-0.2, -0.15) is 0 Å². The Bertz CT molecular complexity index is 1400. The van der Waals surface area contributed by atoms with Crippen molar-refractivity contribution < 1.29 is 18.7 Å². The van der Waals surface area contributed by atoms with Gasteiger partial charge in [0, 0.05) is 50.4 Å². The maximum atomic E-state index is 14.5. The summed E-state index contributed by atoms with van der Waals surface area (Å²) in [5.41, 5.74) is 4.10. The van der Waals surface area contributed by atoms with Crippen molar-refractivity contribution in [2.75, 3.05) is 38.7 Å². The highest BCUT2D eigenvalue weighted by atomic mass is 19.1. The fourth-order valence-corrected chi connectivity index (χ4v) is 4.20. The Kier molecular flexibility index (Phi) is 5.62. The van der Waals surface area contributed by atoms with Crippen molar-refractivity contribution >= 4 is 39.7 Å². The number of pyridine rings is 1. The third kappa shape index (κ3) is 3.94. The van der Waals surface area contributed by atoms with Crippen molar-refractivity contribution in [2.45, 2.75) is 6.54 Å². The Balaban J connectivity index is 1.41. The summed E-state index contributed by atoms with van der Waals surface area (Å²) in [7, 11) is 3.69. The zero-order valence-electron chi connectivity index (χ0n) is 18.8. The lowest BCUT2D eigenvalue weighted by Gasteiger charge is -2.26. The highest BCUT2D eigenvalue weighted by Gasteiger charge is 2.23. The SMILES string of the molecule is CNc1nc2[nH]c(-c3cc(F)cc(CNC(=O)C(=O)N4CCOCC4)c3)cc2c2c1ncn2C. The van der Waals surface area contributed by atoms with E-state index in [0.717, 1.165) is 16.4 Å². The first-order chi connectivity index (χ1) is 16.4. The minimum absolute atomic E-state index is 0.0219. The number of hydrogen-bond acceptors (Lipinski definition) is 6. The fourth-order valence-electron chi connectivity index (χ4n) is 4.20. The lowest BCUT2D eigenvalue weighted by atomic mass is 10.1. The van der Waals surface area contributed by atoms with Crippen LogP contribution >= 0.6 is 0 Å². The Labute approximate surface area is 194 Å². The van der Waals surface area contributed by atoms with Gasteiger partial charge < -0.3 is 29.8 Å².